The van der Waals surface area contributed by atoms with Crippen molar-refractivity contribution in [1.29, 1.82) is 0 Å². The van der Waals surface area contributed by atoms with E-state index >= 15 is 0 Å². The van der Waals surface area contributed by atoms with Crippen LogP contribution >= 0.6 is 0 Å². The molecule has 142 valence electrons. The molecule has 0 fully saturated rings. The molecule has 0 bridgehead atoms. The Balaban J connectivity index is 0.000000765. The molecule has 0 saturated carbocycles. The number of carboxylic acid groups (broad SMARTS) is 1. The van der Waals surface area contributed by atoms with Crippen LogP contribution in [0.25, 0.3) is 11.1 Å². The van der Waals surface area contributed by atoms with Gasteiger partial charge in [0, 0.05) is 12.5 Å². The minimum absolute atomic E-state index is 0.797. The van der Waals surface area contributed by atoms with Crippen LogP contribution in [0.2, 0.25) is 0 Å². The van der Waals surface area contributed by atoms with Crippen molar-refractivity contribution < 1.29 is 14.6 Å². The van der Waals surface area contributed by atoms with E-state index in [-0.39, 0.29) is 0 Å². The monoisotopic (exact) mass is 357 g/mol. The number of carboxylic acids is 1. The van der Waals surface area contributed by atoms with Crippen molar-refractivity contribution in [2.45, 2.75) is 32.6 Å². The number of ether oxygens (including phenoxy) is 1. The molecule has 0 aliphatic heterocycles. The van der Waals surface area contributed by atoms with Crippen molar-refractivity contribution in [2.75, 3.05) is 27.2 Å². The minimum atomic E-state index is -0.833. The van der Waals surface area contributed by atoms with Gasteiger partial charge in [0.25, 0.3) is 5.97 Å². The second kappa shape index (κ2) is 13.0. The zero-order valence-corrected chi connectivity index (χ0v) is 16.1. The van der Waals surface area contributed by atoms with E-state index in [4.69, 9.17) is 14.6 Å². The lowest BCUT2D eigenvalue weighted by Gasteiger charge is -2.12. The number of nitrogens with zero attached hydrogens (tertiary/aromatic N) is 1. The summed E-state index contributed by atoms with van der Waals surface area (Å²) >= 11 is 0. The van der Waals surface area contributed by atoms with Crippen molar-refractivity contribution in [3.05, 3.63) is 54.6 Å². The molecular weight excluding hydrogens is 326 g/mol. The first-order valence-corrected chi connectivity index (χ1v) is 9.12. The molecule has 0 heterocycles. The predicted octanol–water partition coefficient (Wildman–Crippen LogP) is 4.95. The van der Waals surface area contributed by atoms with Gasteiger partial charge in [-0.1, -0.05) is 61.4 Å². The SMILES string of the molecule is CC(=O)O.CN(C)CCCCCCOc1ccccc1-c1ccccc1. The maximum atomic E-state index is 9.00. The fourth-order valence-electron chi connectivity index (χ4n) is 2.51. The Kier molecular flexibility index (Phi) is 10.8. The Labute approximate surface area is 157 Å². The summed E-state index contributed by atoms with van der Waals surface area (Å²) in [5.41, 5.74) is 2.39. The topological polar surface area (TPSA) is 49.8 Å². The number of unbranched alkanes of at least 4 members (excludes halogenated alkanes) is 3. The second-order valence-electron chi connectivity index (χ2n) is 6.45. The van der Waals surface area contributed by atoms with E-state index in [0.29, 0.717) is 0 Å². The van der Waals surface area contributed by atoms with Gasteiger partial charge in [0.2, 0.25) is 0 Å². The molecule has 0 aliphatic rings. The summed E-state index contributed by atoms with van der Waals surface area (Å²) in [6.45, 7) is 3.06. The number of para-hydroxylation sites is 1. The van der Waals surface area contributed by atoms with Crippen molar-refractivity contribution in [2.24, 2.45) is 0 Å². The van der Waals surface area contributed by atoms with Crippen LogP contribution in [0.5, 0.6) is 5.75 Å². The van der Waals surface area contributed by atoms with Crippen molar-refractivity contribution in [3.63, 3.8) is 0 Å². The van der Waals surface area contributed by atoms with E-state index in [2.05, 4.69) is 61.5 Å². The fourth-order valence-corrected chi connectivity index (χ4v) is 2.51. The zero-order chi connectivity index (χ0) is 19.2. The molecule has 0 atom stereocenters. The molecule has 0 saturated heterocycles. The first kappa shape index (κ1) is 21.7. The van der Waals surface area contributed by atoms with Gasteiger partial charge < -0.3 is 14.7 Å². The zero-order valence-electron chi connectivity index (χ0n) is 16.1. The van der Waals surface area contributed by atoms with E-state index < -0.39 is 5.97 Å². The van der Waals surface area contributed by atoms with Crippen LogP contribution in [-0.4, -0.2) is 43.2 Å². The molecule has 2 aromatic rings. The van der Waals surface area contributed by atoms with Crippen molar-refractivity contribution >= 4 is 5.97 Å². The van der Waals surface area contributed by atoms with Gasteiger partial charge in [-0.05, 0) is 45.1 Å². The van der Waals surface area contributed by atoms with Gasteiger partial charge in [0.1, 0.15) is 5.75 Å². The maximum absolute atomic E-state index is 9.00. The highest BCUT2D eigenvalue weighted by Crippen LogP contribution is 2.29. The van der Waals surface area contributed by atoms with Gasteiger partial charge in [0.15, 0.2) is 0 Å². The third-order valence-corrected chi connectivity index (χ3v) is 3.73. The summed E-state index contributed by atoms with van der Waals surface area (Å²) in [6, 6.07) is 18.7. The molecule has 0 spiro atoms. The van der Waals surface area contributed by atoms with E-state index in [1.54, 1.807) is 0 Å². The van der Waals surface area contributed by atoms with Crippen LogP contribution < -0.4 is 4.74 Å². The maximum Gasteiger partial charge on any atom is 0.300 e. The van der Waals surface area contributed by atoms with Crippen LogP contribution in [0.4, 0.5) is 0 Å². The lowest BCUT2D eigenvalue weighted by atomic mass is 10.1. The number of hydrogen-bond donors (Lipinski definition) is 1. The molecule has 0 amide bonds. The molecule has 4 nitrogen and oxygen atoms in total. The molecule has 2 rings (SSSR count). The molecule has 1 N–H and O–H groups in total. The van der Waals surface area contributed by atoms with E-state index in [0.717, 1.165) is 25.7 Å². The molecule has 0 aliphatic carbocycles. The summed E-state index contributed by atoms with van der Waals surface area (Å²) in [5.74, 6) is 0.155. The van der Waals surface area contributed by atoms with Crippen LogP contribution in [0.3, 0.4) is 0 Å². The highest BCUT2D eigenvalue weighted by atomic mass is 16.5. The highest BCUT2D eigenvalue weighted by molar-refractivity contribution is 5.70. The summed E-state index contributed by atoms with van der Waals surface area (Å²) in [5, 5.41) is 7.42. The number of benzene rings is 2. The van der Waals surface area contributed by atoms with Crippen LogP contribution in [0.1, 0.15) is 32.6 Å². The Morgan fingerprint density at radius 3 is 2.15 bits per heavy atom. The largest absolute Gasteiger partial charge is 0.493 e. The summed E-state index contributed by atoms with van der Waals surface area (Å²) in [7, 11) is 4.26. The van der Waals surface area contributed by atoms with E-state index in [9.17, 15) is 0 Å². The Morgan fingerprint density at radius 2 is 1.50 bits per heavy atom. The number of aliphatic carboxylic acids is 1. The van der Waals surface area contributed by atoms with E-state index in [1.165, 1.54) is 36.9 Å². The quantitative estimate of drug-likeness (QED) is 0.646. The number of carbonyl (C=O) groups is 1. The third-order valence-electron chi connectivity index (χ3n) is 3.73. The Hall–Kier alpha value is -2.33. The lowest BCUT2D eigenvalue weighted by molar-refractivity contribution is -0.134. The average Bonchev–Trinajstić information content (AvgIpc) is 2.61. The van der Waals surface area contributed by atoms with Gasteiger partial charge in [-0.2, -0.15) is 0 Å². The minimum Gasteiger partial charge on any atom is -0.493 e. The fraction of sp³-hybridized carbons (Fsp3) is 0.409. The van der Waals surface area contributed by atoms with Crippen molar-refractivity contribution in [3.8, 4) is 16.9 Å². The van der Waals surface area contributed by atoms with Crippen molar-refractivity contribution in [1.82, 2.24) is 4.90 Å². The Morgan fingerprint density at radius 1 is 0.923 bits per heavy atom. The van der Waals surface area contributed by atoms with Crippen LogP contribution in [0, 0.1) is 0 Å². The highest BCUT2D eigenvalue weighted by Gasteiger charge is 2.04. The molecule has 4 heteroatoms. The molecule has 0 aromatic heterocycles. The summed E-state index contributed by atoms with van der Waals surface area (Å²) < 4.78 is 6.01. The Bertz CT molecular complexity index is 622. The van der Waals surface area contributed by atoms with Crippen LogP contribution in [-0.2, 0) is 4.79 Å². The first-order chi connectivity index (χ1) is 12.5. The lowest BCUT2D eigenvalue weighted by Crippen LogP contribution is -2.12. The second-order valence-corrected chi connectivity index (χ2v) is 6.45. The normalized spacial score (nSPS) is 10.2. The smallest absolute Gasteiger partial charge is 0.300 e. The first-order valence-electron chi connectivity index (χ1n) is 9.12. The van der Waals surface area contributed by atoms with Gasteiger partial charge in [-0.15, -0.1) is 0 Å². The van der Waals surface area contributed by atoms with E-state index in [1.807, 2.05) is 12.1 Å². The standard InChI is InChI=1S/C20H27NO.C2H4O2/c1-21(2)16-10-3-4-11-17-22-20-15-9-8-14-19(20)18-12-6-5-7-13-18;1-2(3)4/h5-9,12-15H,3-4,10-11,16-17H2,1-2H3;1H3,(H,3,4). The molecular formula is C22H31NO3. The van der Waals surface area contributed by atoms with Gasteiger partial charge >= 0.3 is 0 Å². The number of rotatable bonds is 9. The van der Waals surface area contributed by atoms with Gasteiger partial charge in [0.05, 0.1) is 6.61 Å². The summed E-state index contributed by atoms with van der Waals surface area (Å²) in [6.07, 6.45) is 4.91. The number of hydrogen-bond acceptors (Lipinski definition) is 3. The molecule has 0 unspecified atom stereocenters. The third kappa shape index (κ3) is 9.84. The van der Waals surface area contributed by atoms with Gasteiger partial charge in [-0.3, -0.25) is 4.79 Å². The molecule has 2 aromatic carbocycles. The molecule has 26 heavy (non-hydrogen) atoms. The van der Waals surface area contributed by atoms with Crippen LogP contribution in [0.15, 0.2) is 54.6 Å². The summed E-state index contributed by atoms with van der Waals surface area (Å²) in [4.78, 5) is 11.2. The molecule has 0 radical (unpaired) electrons. The average molecular weight is 357 g/mol. The van der Waals surface area contributed by atoms with Gasteiger partial charge in [-0.25, -0.2) is 0 Å². The predicted molar refractivity (Wildman–Crippen MR) is 108 cm³/mol.